The van der Waals surface area contributed by atoms with Gasteiger partial charge in [-0.3, -0.25) is 4.79 Å². The zero-order valence-corrected chi connectivity index (χ0v) is 8.11. The van der Waals surface area contributed by atoms with Crippen molar-refractivity contribution in [3.05, 3.63) is 23.8 Å². The number of carbonyl (C=O) groups is 1. The van der Waals surface area contributed by atoms with E-state index in [0.29, 0.717) is 5.57 Å². The van der Waals surface area contributed by atoms with Crippen molar-refractivity contribution < 1.29 is 14.3 Å². The van der Waals surface area contributed by atoms with Crippen molar-refractivity contribution in [1.29, 1.82) is 0 Å². The minimum Gasteiger partial charge on any atom is -0.480 e. The van der Waals surface area contributed by atoms with Gasteiger partial charge in [-0.2, -0.15) is 0 Å². The normalized spacial score (nSPS) is 18.4. The molecular formula is C11H12FNO2. The van der Waals surface area contributed by atoms with Crippen LogP contribution in [0.15, 0.2) is 23.8 Å². The van der Waals surface area contributed by atoms with E-state index in [-0.39, 0.29) is 0 Å². The Labute approximate surface area is 87.5 Å². The zero-order chi connectivity index (χ0) is 11.3. The van der Waals surface area contributed by atoms with E-state index in [4.69, 9.17) is 10.8 Å². The second-order valence-corrected chi connectivity index (χ2v) is 3.17. The average Bonchev–Trinajstić information content (AvgIpc) is 2.26. The highest BCUT2D eigenvalue weighted by Crippen LogP contribution is 2.08. The Balaban J connectivity index is 2.61. The molecule has 0 saturated carbocycles. The van der Waals surface area contributed by atoms with Crippen LogP contribution in [0, 0.1) is 11.8 Å². The molecule has 3 N–H and O–H groups in total. The topological polar surface area (TPSA) is 63.3 Å². The van der Waals surface area contributed by atoms with Gasteiger partial charge in [0.2, 0.25) is 0 Å². The molecule has 1 rings (SSSR count). The van der Waals surface area contributed by atoms with Crippen LogP contribution in [0.3, 0.4) is 0 Å². The molecule has 0 saturated heterocycles. The summed E-state index contributed by atoms with van der Waals surface area (Å²) in [6.07, 6.45) is 5.61. The lowest BCUT2D eigenvalue weighted by Crippen LogP contribution is -2.38. The molecule has 15 heavy (non-hydrogen) atoms. The average molecular weight is 209 g/mol. The third-order valence-corrected chi connectivity index (χ3v) is 1.95. The van der Waals surface area contributed by atoms with Gasteiger partial charge in [-0.15, -0.1) is 0 Å². The van der Waals surface area contributed by atoms with E-state index >= 15 is 0 Å². The first-order valence-corrected chi connectivity index (χ1v) is 4.62. The predicted molar refractivity (Wildman–Crippen MR) is 54.7 cm³/mol. The Kier molecular flexibility index (Phi) is 4.07. The molecule has 0 aromatic rings. The molecule has 0 bridgehead atoms. The smallest absolute Gasteiger partial charge is 0.324 e. The third-order valence-electron chi connectivity index (χ3n) is 1.95. The van der Waals surface area contributed by atoms with E-state index in [1.807, 2.05) is 12.2 Å². The Hall–Kier alpha value is -1.60. The van der Waals surface area contributed by atoms with E-state index in [1.54, 1.807) is 6.08 Å². The van der Waals surface area contributed by atoms with Gasteiger partial charge < -0.3 is 10.8 Å². The Morgan fingerprint density at radius 3 is 2.87 bits per heavy atom. The van der Waals surface area contributed by atoms with Crippen molar-refractivity contribution in [1.82, 2.24) is 0 Å². The summed E-state index contributed by atoms with van der Waals surface area (Å²) in [5.74, 6) is 3.37. The summed E-state index contributed by atoms with van der Waals surface area (Å²) >= 11 is 0. The maximum Gasteiger partial charge on any atom is 0.324 e. The number of nitrogens with two attached hydrogens (primary N) is 1. The molecule has 0 aromatic carbocycles. The van der Waals surface area contributed by atoms with Crippen LogP contribution in [-0.4, -0.2) is 23.3 Å². The quantitative estimate of drug-likeness (QED) is 0.667. The molecule has 3 nitrogen and oxygen atoms in total. The highest BCUT2D eigenvalue weighted by molar-refractivity contribution is 5.74. The standard InChI is InChI=1S/C11H12FNO2/c12-9(10(13)11(14)15)7-6-8-4-2-1-3-5-8/h2,4-5,9-10H,1,3,13H2,(H,14,15). The van der Waals surface area contributed by atoms with Gasteiger partial charge in [0.25, 0.3) is 0 Å². The van der Waals surface area contributed by atoms with E-state index in [1.165, 1.54) is 0 Å². The Bertz CT molecular complexity index is 363. The molecule has 0 radical (unpaired) electrons. The molecule has 0 aromatic heterocycles. The van der Waals surface area contributed by atoms with E-state index in [0.717, 1.165) is 12.8 Å². The molecule has 80 valence electrons. The minimum atomic E-state index is -1.83. The largest absolute Gasteiger partial charge is 0.480 e. The van der Waals surface area contributed by atoms with Crippen molar-refractivity contribution in [3.63, 3.8) is 0 Å². The highest BCUT2D eigenvalue weighted by atomic mass is 19.1. The molecule has 0 amide bonds. The van der Waals surface area contributed by atoms with Crippen molar-refractivity contribution >= 4 is 5.97 Å². The third kappa shape index (κ3) is 3.56. The molecule has 1 aliphatic rings. The van der Waals surface area contributed by atoms with Crippen LogP contribution in [-0.2, 0) is 4.79 Å². The van der Waals surface area contributed by atoms with E-state index in [9.17, 15) is 9.18 Å². The minimum absolute atomic E-state index is 0.710. The predicted octanol–water partition coefficient (Wildman–Crippen LogP) is 1.02. The summed E-state index contributed by atoms with van der Waals surface area (Å²) in [5, 5.41) is 8.43. The molecule has 0 heterocycles. The highest BCUT2D eigenvalue weighted by Gasteiger charge is 2.21. The van der Waals surface area contributed by atoms with Crippen LogP contribution in [0.2, 0.25) is 0 Å². The number of hydrogen-bond acceptors (Lipinski definition) is 2. The number of rotatable bonds is 2. The lowest BCUT2D eigenvalue weighted by Gasteiger charge is -2.05. The second kappa shape index (κ2) is 5.32. The zero-order valence-electron chi connectivity index (χ0n) is 8.11. The molecule has 0 spiro atoms. The van der Waals surface area contributed by atoms with Gasteiger partial charge >= 0.3 is 5.97 Å². The van der Waals surface area contributed by atoms with Crippen LogP contribution in [0.25, 0.3) is 0 Å². The number of allylic oxidation sites excluding steroid dienone is 4. The van der Waals surface area contributed by atoms with Crippen LogP contribution in [0.4, 0.5) is 4.39 Å². The Morgan fingerprint density at radius 1 is 1.60 bits per heavy atom. The van der Waals surface area contributed by atoms with Crippen molar-refractivity contribution in [3.8, 4) is 11.8 Å². The molecule has 0 aliphatic heterocycles. The number of aliphatic carboxylic acids is 1. The van der Waals surface area contributed by atoms with E-state index in [2.05, 4.69) is 11.8 Å². The summed E-state index contributed by atoms with van der Waals surface area (Å²) < 4.78 is 13.1. The fraction of sp³-hybridized carbons (Fsp3) is 0.364. The van der Waals surface area contributed by atoms with Gasteiger partial charge in [-0.05, 0) is 12.8 Å². The van der Waals surface area contributed by atoms with Crippen LogP contribution >= 0.6 is 0 Å². The molecule has 2 unspecified atom stereocenters. The SMILES string of the molecule is NC(C(=O)O)C(F)C#CC1=CCCC=C1. The maximum absolute atomic E-state index is 13.1. The first-order valence-electron chi connectivity index (χ1n) is 4.62. The van der Waals surface area contributed by atoms with Crippen LogP contribution in [0.5, 0.6) is 0 Å². The summed E-state index contributed by atoms with van der Waals surface area (Å²) in [6, 6.07) is -1.58. The van der Waals surface area contributed by atoms with Crippen molar-refractivity contribution in [2.45, 2.75) is 25.1 Å². The number of hydrogen-bond donors (Lipinski definition) is 2. The monoisotopic (exact) mass is 209 g/mol. The lowest BCUT2D eigenvalue weighted by atomic mass is 10.1. The number of carboxylic acids is 1. The second-order valence-electron chi connectivity index (χ2n) is 3.17. The fourth-order valence-electron chi connectivity index (χ4n) is 1.07. The lowest BCUT2D eigenvalue weighted by molar-refractivity contribution is -0.139. The summed E-state index contributed by atoms with van der Waals surface area (Å²) in [7, 11) is 0. The van der Waals surface area contributed by atoms with E-state index < -0.39 is 18.2 Å². The molecule has 1 aliphatic carbocycles. The number of carboxylic acid groups (broad SMARTS) is 1. The number of alkyl halides is 1. The molecular weight excluding hydrogens is 197 g/mol. The van der Waals surface area contributed by atoms with Gasteiger partial charge in [0.05, 0.1) is 0 Å². The summed E-state index contributed by atoms with van der Waals surface area (Å²) in [6.45, 7) is 0. The van der Waals surface area contributed by atoms with Crippen molar-refractivity contribution in [2.24, 2.45) is 5.73 Å². The molecule has 0 fully saturated rings. The molecule has 4 heteroatoms. The summed E-state index contributed by atoms with van der Waals surface area (Å²) in [4.78, 5) is 10.3. The number of halogens is 1. The van der Waals surface area contributed by atoms with Gasteiger partial charge in [0.1, 0.15) is 6.04 Å². The fourth-order valence-corrected chi connectivity index (χ4v) is 1.07. The van der Waals surface area contributed by atoms with Crippen molar-refractivity contribution in [2.75, 3.05) is 0 Å². The van der Waals surface area contributed by atoms with Gasteiger partial charge in [0.15, 0.2) is 6.17 Å². The van der Waals surface area contributed by atoms with Gasteiger partial charge in [0, 0.05) is 5.57 Å². The van der Waals surface area contributed by atoms with Gasteiger partial charge in [-0.1, -0.05) is 30.1 Å². The molecule has 2 atom stereocenters. The Morgan fingerprint density at radius 2 is 2.33 bits per heavy atom. The van der Waals surface area contributed by atoms with Crippen LogP contribution < -0.4 is 5.73 Å². The first kappa shape index (κ1) is 11.5. The van der Waals surface area contributed by atoms with Crippen LogP contribution in [0.1, 0.15) is 12.8 Å². The van der Waals surface area contributed by atoms with Gasteiger partial charge in [-0.25, -0.2) is 4.39 Å². The first-order chi connectivity index (χ1) is 7.11. The maximum atomic E-state index is 13.1. The summed E-state index contributed by atoms with van der Waals surface area (Å²) in [5.41, 5.74) is 5.77.